The van der Waals surface area contributed by atoms with Gasteiger partial charge in [0.2, 0.25) is 5.91 Å². The van der Waals surface area contributed by atoms with Crippen LogP contribution in [0.25, 0.3) is 0 Å². The van der Waals surface area contributed by atoms with Crippen LogP contribution in [0.2, 0.25) is 0 Å². The SMILES string of the molecule is COCCOCCCCNC(=O)C(N)CCC(=O)O. The highest BCUT2D eigenvalue weighted by molar-refractivity contribution is 5.82. The van der Waals surface area contributed by atoms with Crippen molar-refractivity contribution in [3.8, 4) is 0 Å². The number of aliphatic carboxylic acids is 1. The van der Waals surface area contributed by atoms with Crippen molar-refractivity contribution >= 4 is 11.9 Å². The molecule has 0 aliphatic rings. The summed E-state index contributed by atoms with van der Waals surface area (Å²) in [5, 5.41) is 11.1. The van der Waals surface area contributed by atoms with Gasteiger partial charge in [-0.3, -0.25) is 9.59 Å². The minimum absolute atomic E-state index is 0.0953. The van der Waals surface area contributed by atoms with E-state index < -0.39 is 12.0 Å². The fourth-order valence-electron chi connectivity index (χ4n) is 1.33. The molecule has 0 heterocycles. The van der Waals surface area contributed by atoms with Crippen molar-refractivity contribution in [2.45, 2.75) is 31.7 Å². The highest BCUT2D eigenvalue weighted by Gasteiger charge is 2.13. The second-order valence-electron chi connectivity index (χ2n) is 4.14. The Hall–Kier alpha value is -1.18. The molecule has 0 saturated carbocycles. The Labute approximate surface area is 113 Å². The molecule has 0 aromatic carbocycles. The number of unbranched alkanes of at least 4 members (excludes halogenated alkanes) is 1. The maximum absolute atomic E-state index is 11.5. The Bertz CT molecular complexity index is 261. The Morgan fingerprint density at radius 3 is 2.63 bits per heavy atom. The third kappa shape index (κ3) is 11.6. The van der Waals surface area contributed by atoms with Crippen LogP contribution in [0, 0.1) is 0 Å². The van der Waals surface area contributed by atoms with Gasteiger partial charge in [0.1, 0.15) is 0 Å². The summed E-state index contributed by atoms with van der Waals surface area (Å²) in [6, 6.07) is -0.756. The van der Waals surface area contributed by atoms with Gasteiger partial charge < -0.3 is 25.6 Å². The van der Waals surface area contributed by atoms with Crippen LogP contribution in [-0.2, 0) is 19.1 Å². The highest BCUT2D eigenvalue weighted by Crippen LogP contribution is 1.95. The lowest BCUT2D eigenvalue weighted by Crippen LogP contribution is -2.41. The summed E-state index contributed by atoms with van der Waals surface area (Å²) in [6.07, 6.45) is 1.70. The number of nitrogens with two attached hydrogens (primary N) is 1. The number of rotatable bonds is 12. The van der Waals surface area contributed by atoms with E-state index in [4.69, 9.17) is 20.3 Å². The van der Waals surface area contributed by atoms with Crippen molar-refractivity contribution in [1.29, 1.82) is 0 Å². The van der Waals surface area contributed by atoms with Crippen molar-refractivity contribution in [1.82, 2.24) is 5.32 Å². The van der Waals surface area contributed by atoms with Crippen LogP contribution < -0.4 is 11.1 Å². The monoisotopic (exact) mass is 276 g/mol. The molecule has 0 aromatic rings. The average molecular weight is 276 g/mol. The van der Waals surface area contributed by atoms with Crippen LogP contribution in [0.3, 0.4) is 0 Å². The number of hydrogen-bond acceptors (Lipinski definition) is 5. The van der Waals surface area contributed by atoms with Crippen LogP contribution in [-0.4, -0.2) is 56.5 Å². The van der Waals surface area contributed by atoms with Gasteiger partial charge in [0.15, 0.2) is 0 Å². The second-order valence-corrected chi connectivity index (χ2v) is 4.14. The number of methoxy groups -OCH3 is 1. The summed E-state index contributed by atoms with van der Waals surface area (Å²) in [7, 11) is 1.62. The fraction of sp³-hybridized carbons (Fsp3) is 0.833. The molecule has 0 radical (unpaired) electrons. The van der Waals surface area contributed by atoms with Crippen LogP contribution in [0.15, 0.2) is 0 Å². The molecule has 0 rings (SSSR count). The third-order valence-electron chi connectivity index (χ3n) is 2.45. The normalized spacial score (nSPS) is 12.1. The Morgan fingerprint density at radius 2 is 2.00 bits per heavy atom. The van der Waals surface area contributed by atoms with E-state index in [0.29, 0.717) is 26.4 Å². The van der Waals surface area contributed by atoms with E-state index >= 15 is 0 Å². The topological polar surface area (TPSA) is 111 Å². The number of ether oxygens (including phenoxy) is 2. The number of nitrogens with one attached hydrogen (secondary N) is 1. The minimum atomic E-state index is -0.948. The molecule has 1 amide bonds. The number of carboxylic acid groups (broad SMARTS) is 1. The zero-order chi connectivity index (χ0) is 14.5. The summed E-state index contributed by atoms with van der Waals surface area (Å²) < 4.78 is 10.1. The van der Waals surface area contributed by atoms with Crippen molar-refractivity contribution in [3.63, 3.8) is 0 Å². The van der Waals surface area contributed by atoms with E-state index in [1.165, 1.54) is 0 Å². The van der Waals surface area contributed by atoms with Gasteiger partial charge in [-0.15, -0.1) is 0 Å². The van der Waals surface area contributed by atoms with Crippen molar-refractivity contribution in [2.75, 3.05) is 33.5 Å². The average Bonchev–Trinajstić information content (AvgIpc) is 2.38. The van der Waals surface area contributed by atoms with Gasteiger partial charge in [0, 0.05) is 26.7 Å². The predicted octanol–water partition coefficient (Wildman–Crippen LogP) is -0.262. The summed E-state index contributed by atoms with van der Waals surface area (Å²) in [4.78, 5) is 21.8. The lowest BCUT2D eigenvalue weighted by Gasteiger charge is -2.11. The first-order valence-corrected chi connectivity index (χ1v) is 6.39. The van der Waals surface area contributed by atoms with Crippen molar-refractivity contribution in [2.24, 2.45) is 5.73 Å². The minimum Gasteiger partial charge on any atom is -0.481 e. The van der Waals surface area contributed by atoms with Gasteiger partial charge in [0.05, 0.1) is 19.3 Å². The lowest BCUT2D eigenvalue weighted by molar-refractivity contribution is -0.137. The number of carbonyl (C=O) groups is 2. The van der Waals surface area contributed by atoms with Crippen molar-refractivity contribution < 1.29 is 24.2 Å². The molecule has 7 nitrogen and oxygen atoms in total. The fourth-order valence-corrected chi connectivity index (χ4v) is 1.33. The highest BCUT2D eigenvalue weighted by atomic mass is 16.5. The Morgan fingerprint density at radius 1 is 1.26 bits per heavy atom. The maximum Gasteiger partial charge on any atom is 0.303 e. The molecule has 0 bridgehead atoms. The first-order chi connectivity index (χ1) is 9.07. The van der Waals surface area contributed by atoms with Crippen LogP contribution in [0.1, 0.15) is 25.7 Å². The number of amides is 1. The summed E-state index contributed by atoms with van der Waals surface area (Å²) in [6.45, 7) is 2.30. The molecular weight excluding hydrogens is 252 g/mol. The Kier molecular flexibility index (Phi) is 11.1. The molecule has 112 valence electrons. The van der Waals surface area contributed by atoms with Gasteiger partial charge in [-0.25, -0.2) is 0 Å². The Balaban J connectivity index is 3.39. The third-order valence-corrected chi connectivity index (χ3v) is 2.45. The van der Waals surface area contributed by atoms with Gasteiger partial charge >= 0.3 is 5.97 Å². The van der Waals surface area contributed by atoms with Crippen LogP contribution in [0.5, 0.6) is 0 Å². The maximum atomic E-state index is 11.5. The molecule has 0 aromatic heterocycles. The van der Waals surface area contributed by atoms with E-state index in [0.717, 1.165) is 12.8 Å². The summed E-state index contributed by atoms with van der Waals surface area (Å²) >= 11 is 0. The standard InChI is InChI=1S/C12H24N2O5/c1-18-8-9-19-7-3-2-6-14-12(17)10(13)4-5-11(15)16/h10H,2-9,13H2,1H3,(H,14,17)(H,15,16). The molecule has 0 spiro atoms. The molecule has 19 heavy (non-hydrogen) atoms. The second kappa shape index (κ2) is 11.9. The molecule has 1 unspecified atom stereocenters. The van der Waals surface area contributed by atoms with Crippen LogP contribution in [0.4, 0.5) is 0 Å². The largest absolute Gasteiger partial charge is 0.481 e. The summed E-state index contributed by atoms with van der Waals surface area (Å²) in [5.74, 6) is -1.25. The predicted molar refractivity (Wildman–Crippen MR) is 69.8 cm³/mol. The van der Waals surface area contributed by atoms with E-state index in [9.17, 15) is 9.59 Å². The zero-order valence-electron chi connectivity index (χ0n) is 11.4. The molecule has 0 aliphatic carbocycles. The molecule has 0 fully saturated rings. The number of hydrogen-bond donors (Lipinski definition) is 3. The van der Waals surface area contributed by atoms with Gasteiger partial charge in [0.25, 0.3) is 0 Å². The van der Waals surface area contributed by atoms with Gasteiger partial charge in [-0.1, -0.05) is 0 Å². The van der Waals surface area contributed by atoms with Crippen molar-refractivity contribution in [3.05, 3.63) is 0 Å². The van der Waals surface area contributed by atoms with Gasteiger partial charge in [-0.2, -0.15) is 0 Å². The quantitative estimate of drug-likeness (QED) is 0.423. The van der Waals surface area contributed by atoms with E-state index in [-0.39, 0.29) is 18.7 Å². The molecule has 4 N–H and O–H groups in total. The zero-order valence-corrected chi connectivity index (χ0v) is 11.4. The first-order valence-electron chi connectivity index (χ1n) is 6.39. The first kappa shape index (κ1) is 17.8. The molecule has 0 saturated heterocycles. The van der Waals surface area contributed by atoms with Gasteiger partial charge in [-0.05, 0) is 19.3 Å². The molecule has 0 aliphatic heterocycles. The van der Waals surface area contributed by atoms with E-state index in [1.54, 1.807) is 7.11 Å². The molecule has 1 atom stereocenters. The summed E-state index contributed by atoms with van der Waals surface area (Å²) in [5.41, 5.74) is 5.55. The smallest absolute Gasteiger partial charge is 0.303 e. The van der Waals surface area contributed by atoms with E-state index in [2.05, 4.69) is 5.32 Å². The molecule has 7 heteroatoms. The lowest BCUT2D eigenvalue weighted by atomic mass is 10.1. The van der Waals surface area contributed by atoms with E-state index in [1.807, 2.05) is 0 Å². The molecular formula is C12H24N2O5. The number of carboxylic acids is 1. The van der Waals surface area contributed by atoms with Crippen LogP contribution >= 0.6 is 0 Å². The number of carbonyl (C=O) groups excluding carboxylic acids is 1.